The van der Waals surface area contributed by atoms with Gasteiger partial charge in [-0.2, -0.15) is 0 Å². The summed E-state index contributed by atoms with van der Waals surface area (Å²) in [7, 11) is 0. The van der Waals surface area contributed by atoms with Gasteiger partial charge >= 0.3 is 5.97 Å². The number of fused-ring (bicyclic) bond motifs is 1. The average molecular weight is 231 g/mol. The Labute approximate surface area is 101 Å². The number of nitrogens with zero attached hydrogens (tertiary/aromatic N) is 1. The molecule has 2 saturated heterocycles. The predicted molar refractivity (Wildman–Crippen MR) is 64.5 cm³/mol. The van der Waals surface area contributed by atoms with Crippen LogP contribution in [-0.4, -0.2) is 30.1 Å². The molecule has 0 radical (unpaired) electrons. The van der Waals surface area contributed by atoms with Crippen LogP contribution >= 0.6 is 0 Å². The minimum absolute atomic E-state index is 0.0114. The second-order valence-corrected chi connectivity index (χ2v) is 4.81. The summed E-state index contributed by atoms with van der Waals surface area (Å²) in [6, 6.07) is 10.6. The zero-order valence-electron chi connectivity index (χ0n) is 9.84. The Balaban J connectivity index is 1.87. The van der Waals surface area contributed by atoms with E-state index in [4.69, 9.17) is 4.74 Å². The first kappa shape index (κ1) is 10.8. The lowest BCUT2D eigenvalue weighted by Crippen LogP contribution is -2.52. The highest BCUT2D eigenvalue weighted by Gasteiger charge is 2.39. The molecular formula is C14H17NO2. The largest absolute Gasteiger partial charge is 0.462 e. The smallest absolute Gasteiger partial charge is 0.323 e. The van der Waals surface area contributed by atoms with E-state index in [1.807, 2.05) is 18.2 Å². The van der Waals surface area contributed by atoms with Gasteiger partial charge in [-0.25, -0.2) is 0 Å². The molecule has 1 aromatic rings. The van der Waals surface area contributed by atoms with Crippen molar-refractivity contribution in [1.82, 2.24) is 4.90 Å². The van der Waals surface area contributed by atoms with Crippen molar-refractivity contribution >= 4 is 5.97 Å². The topological polar surface area (TPSA) is 29.5 Å². The van der Waals surface area contributed by atoms with Gasteiger partial charge < -0.3 is 4.74 Å². The summed E-state index contributed by atoms with van der Waals surface area (Å²) < 4.78 is 5.33. The van der Waals surface area contributed by atoms with E-state index in [9.17, 15) is 4.79 Å². The number of piperidine rings is 1. The van der Waals surface area contributed by atoms with Crippen LogP contribution in [0.3, 0.4) is 0 Å². The lowest BCUT2D eigenvalue weighted by atomic mass is 9.95. The Hall–Kier alpha value is -1.35. The van der Waals surface area contributed by atoms with Crippen molar-refractivity contribution in [2.45, 2.75) is 31.3 Å². The van der Waals surface area contributed by atoms with E-state index < -0.39 is 0 Å². The van der Waals surface area contributed by atoms with Gasteiger partial charge in [0, 0.05) is 0 Å². The van der Waals surface area contributed by atoms with Crippen LogP contribution in [0.25, 0.3) is 0 Å². The fourth-order valence-corrected chi connectivity index (χ4v) is 2.90. The van der Waals surface area contributed by atoms with E-state index in [0.717, 1.165) is 19.4 Å². The second kappa shape index (κ2) is 4.49. The molecule has 0 N–H and O–H groups in total. The summed E-state index contributed by atoms with van der Waals surface area (Å²) in [6.45, 7) is 1.51. The number of rotatable bonds is 1. The normalized spacial score (nSPS) is 29.5. The van der Waals surface area contributed by atoms with Crippen molar-refractivity contribution < 1.29 is 9.53 Å². The molecule has 3 nitrogen and oxygen atoms in total. The molecule has 2 aliphatic rings. The fraction of sp³-hybridized carbons (Fsp3) is 0.500. The fourth-order valence-electron chi connectivity index (χ4n) is 2.90. The van der Waals surface area contributed by atoms with Crippen molar-refractivity contribution in [2.75, 3.05) is 13.2 Å². The Morgan fingerprint density at radius 3 is 2.76 bits per heavy atom. The minimum atomic E-state index is -0.0307. The first-order valence-corrected chi connectivity index (χ1v) is 6.33. The van der Waals surface area contributed by atoms with Gasteiger partial charge in [-0.1, -0.05) is 36.8 Å². The van der Waals surface area contributed by atoms with Crippen molar-refractivity contribution in [3.05, 3.63) is 35.9 Å². The second-order valence-electron chi connectivity index (χ2n) is 4.81. The Bertz CT molecular complexity index is 404. The van der Waals surface area contributed by atoms with Gasteiger partial charge in [0.1, 0.15) is 12.6 Å². The molecular weight excluding hydrogens is 214 g/mol. The SMILES string of the molecule is O=C1OC[C@H](c2ccccc2)N2CCCC[C@@H]12. The summed E-state index contributed by atoms with van der Waals surface area (Å²) in [5.74, 6) is -0.0307. The van der Waals surface area contributed by atoms with Gasteiger partial charge in [0.2, 0.25) is 0 Å². The van der Waals surface area contributed by atoms with Crippen LogP contribution < -0.4 is 0 Å². The average Bonchev–Trinajstić information content (AvgIpc) is 2.41. The maximum absolute atomic E-state index is 11.7. The molecule has 0 unspecified atom stereocenters. The standard InChI is InChI=1S/C14H17NO2/c16-14-12-8-4-5-9-15(12)13(10-17-14)11-6-2-1-3-7-11/h1-3,6-7,12-13H,4-5,8-10H2/t12-,13+/m0/s1. The van der Waals surface area contributed by atoms with Crippen LogP contribution in [0.1, 0.15) is 30.9 Å². The number of carbonyl (C=O) groups excluding carboxylic acids is 1. The third kappa shape index (κ3) is 1.95. The number of esters is 1. The van der Waals surface area contributed by atoms with Crippen LogP contribution in [0.4, 0.5) is 0 Å². The molecule has 1 aromatic carbocycles. The van der Waals surface area contributed by atoms with Crippen LogP contribution in [0.5, 0.6) is 0 Å². The number of hydrogen-bond acceptors (Lipinski definition) is 3. The summed E-state index contributed by atoms with van der Waals surface area (Å²) in [6.07, 6.45) is 3.27. The Kier molecular flexibility index (Phi) is 2.85. The molecule has 2 fully saturated rings. The van der Waals surface area contributed by atoms with Crippen LogP contribution in [0.2, 0.25) is 0 Å². The van der Waals surface area contributed by atoms with Crippen LogP contribution in [0, 0.1) is 0 Å². The zero-order valence-corrected chi connectivity index (χ0v) is 9.84. The van der Waals surface area contributed by atoms with Gasteiger partial charge in [-0.05, 0) is 24.9 Å². The highest BCUT2D eigenvalue weighted by molar-refractivity contribution is 5.76. The number of carbonyl (C=O) groups is 1. The molecule has 0 amide bonds. The van der Waals surface area contributed by atoms with E-state index in [1.54, 1.807) is 0 Å². The predicted octanol–water partition coefficient (Wildman–Crippen LogP) is 2.14. The lowest BCUT2D eigenvalue weighted by molar-refractivity contribution is -0.165. The van der Waals surface area contributed by atoms with Gasteiger partial charge in [0.25, 0.3) is 0 Å². The van der Waals surface area contributed by atoms with Crippen molar-refractivity contribution in [1.29, 1.82) is 0 Å². The quantitative estimate of drug-likeness (QED) is 0.693. The Morgan fingerprint density at radius 1 is 1.12 bits per heavy atom. The molecule has 3 heteroatoms. The number of hydrogen-bond donors (Lipinski definition) is 0. The molecule has 2 atom stereocenters. The third-order valence-electron chi connectivity index (χ3n) is 3.78. The lowest BCUT2D eigenvalue weighted by Gasteiger charge is -2.43. The Morgan fingerprint density at radius 2 is 1.94 bits per heavy atom. The summed E-state index contributed by atoms with van der Waals surface area (Å²) in [5, 5.41) is 0. The molecule has 0 spiro atoms. The maximum Gasteiger partial charge on any atom is 0.323 e. The minimum Gasteiger partial charge on any atom is -0.462 e. The first-order chi connectivity index (χ1) is 8.36. The summed E-state index contributed by atoms with van der Waals surface area (Å²) >= 11 is 0. The maximum atomic E-state index is 11.7. The van der Waals surface area contributed by atoms with E-state index in [-0.39, 0.29) is 18.1 Å². The van der Waals surface area contributed by atoms with Gasteiger partial charge in [-0.3, -0.25) is 9.69 Å². The van der Waals surface area contributed by atoms with Crippen molar-refractivity contribution in [3.8, 4) is 0 Å². The van der Waals surface area contributed by atoms with E-state index in [2.05, 4.69) is 17.0 Å². The summed E-state index contributed by atoms with van der Waals surface area (Å²) in [5.41, 5.74) is 1.26. The molecule has 3 rings (SSSR count). The number of morpholine rings is 1. The highest BCUT2D eigenvalue weighted by Crippen LogP contribution is 2.32. The van der Waals surface area contributed by atoms with Crippen molar-refractivity contribution in [2.24, 2.45) is 0 Å². The van der Waals surface area contributed by atoms with E-state index in [1.165, 1.54) is 12.0 Å². The van der Waals surface area contributed by atoms with Crippen LogP contribution in [0.15, 0.2) is 30.3 Å². The van der Waals surface area contributed by atoms with Gasteiger partial charge in [0.05, 0.1) is 6.04 Å². The molecule has 0 aliphatic carbocycles. The number of cyclic esters (lactones) is 1. The number of benzene rings is 1. The van der Waals surface area contributed by atoms with Gasteiger partial charge in [-0.15, -0.1) is 0 Å². The van der Waals surface area contributed by atoms with E-state index >= 15 is 0 Å². The molecule has 2 heterocycles. The highest BCUT2D eigenvalue weighted by atomic mass is 16.5. The van der Waals surface area contributed by atoms with Gasteiger partial charge in [0.15, 0.2) is 0 Å². The van der Waals surface area contributed by atoms with Crippen molar-refractivity contribution in [3.63, 3.8) is 0 Å². The van der Waals surface area contributed by atoms with Crippen LogP contribution in [-0.2, 0) is 9.53 Å². The molecule has 0 bridgehead atoms. The molecule has 2 aliphatic heterocycles. The number of ether oxygens (including phenoxy) is 1. The first-order valence-electron chi connectivity index (χ1n) is 6.33. The molecule has 90 valence electrons. The molecule has 0 aromatic heterocycles. The summed E-state index contributed by atoms with van der Waals surface area (Å²) in [4.78, 5) is 14.1. The molecule has 0 saturated carbocycles. The molecule has 17 heavy (non-hydrogen) atoms. The zero-order chi connectivity index (χ0) is 11.7. The monoisotopic (exact) mass is 231 g/mol. The van der Waals surface area contributed by atoms with E-state index in [0.29, 0.717) is 6.61 Å². The third-order valence-corrected chi connectivity index (χ3v) is 3.78.